The van der Waals surface area contributed by atoms with Crippen molar-refractivity contribution >= 4 is 36.3 Å². The van der Waals surface area contributed by atoms with E-state index in [4.69, 9.17) is 18.1 Å². The fraction of sp³-hybridized carbons (Fsp3) is 0. The molecule has 0 aliphatic carbocycles. The maximum atomic E-state index is 4.90. The molecule has 0 saturated heterocycles. The van der Waals surface area contributed by atoms with Crippen LogP contribution in [0.25, 0.3) is 0 Å². The van der Waals surface area contributed by atoms with Crippen LogP contribution in [0.5, 0.6) is 0 Å². The van der Waals surface area contributed by atoms with Crippen LogP contribution in [-0.2, 0) is 0 Å². The van der Waals surface area contributed by atoms with Crippen LogP contribution >= 0.6 is 18.1 Å². The van der Waals surface area contributed by atoms with Gasteiger partial charge in [-0.2, -0.15) is 0 Å². The Hall–Kier alpha value is 0.626. The van der Waals surface area contributed by atoms with Gasteiger partial charge >= 0.3 is 18.2 Å². The molecule has 0 unspecified atom stereocenters. The van der Waals surface area contributed by atoms with E-state index in [0.717, 1.165) is 0 Å². The van der Waals surface area contributed by atoms with E-state index in [-0.39, 0.29) is 0 Å². The summed E-state index contributed by atoms with van der Waals surface area (Å²) in [6, 6.07) is 0. The molecule has 1 aliphatic rings. The van der Waals surface area contributed by atoms with E-state index in [1.54, 1.807) is 12.4 Å². The Morgan fingerprint density at radius 3 is 1.62 bits per heavy atom. The van der Waals surface area contributed by atoms with Crippen molar-refractivity contribution in [1.29, 1.82) is 0 Å². The molecule has 0 N–H and O–H groups in total. The summed E-state index contributed by atoms with van der Waals surface area (Å²) in [6.45, 7) is 0. The van der Waals surface area contributed by atoms with Gasteiger partial charge in [0.1, 0.15) is 0 Å². The average molecular weight is 161 g/mol. The molecule has 1 nitrogen and oxygen atoms in total. The second-order valence-electron chi connectivity index (χ2n) is 0.933. The molecule has 1 heterocycles. The lowest BCUT2D eigenvalue weighted by molar-refractivity contribution is 1.21. The van der Waals surface area contributed by atoms with Gasteiger partial charge in [-0.1, -0.05) is 0 Å². The van der Waals surface area contributed by atoms with Crippen LogP contribution in [0.4, 0.5) is 0 Å². The summed E-state index contributed by atoms with van der Waals surface area (Å²) in [6.07, 6.45) is 7.28. The Morgan fingerprint density at radius 2 is 1.50 bits per heavy atom. The second kappa shape index (κ2) is 7.63. The van der Waals surface area contributed by atoms with E-state index in [2.05, 4.69) is 5.32 Å². The first-order valence-corrected chi connectivity index (χ1v) is 6.33. The first-order valence-electron chi connectivity index (χ1n) is 2.05. The molecule has 0 amide bonds. The van der Waals surface area contributed by atoms with Crippen molar-refractivity contribution in [2.24, 2.45) is 0 Å². The summed E-state index contributed by atoms with van der Waals surface area (Å²) >= 11 is -0.639. The van der Waals surface area contributed by atoms with E-state index >= 15 is 0 Å². The maximum absolute atomic E-state index is 4.90. The van der Waals surface area contributed by atoms with Crippen LogP contribution < -0.4 is 5.32 Å². The van der Waals surface area contributed by atoms with Crippen molar-refractivity contribution < 1.29 is 0 Å². The molecule has 0 spiro atoms. The van der Waals surface area contributed by atoms with E-state index < -0.39 is 18.2 Å². The highest BCUT2D eigenvalue weighted by Gasteiger charge is 1.71. The summed E-state index contributed by atoms with van der Waals surface area (Å²) in [5, 5.41) is 3.72. The monoisotopic (exact) mass is 160 g/mol. The number of halogens is 2. The quantitative estimate of drug-likeness (QED) is 0.479. The third kappa shape index (κ3) is 6.63. The van der Waals surface area contributed by atoms with Gasteiger partial charge in [0.05, 0.1) is 0 Å². The minimum absolute atomic E-state index is 0.639. The molecule has 8 heavy (non-hydrogen) atoms. The molecule has 0 fully saturated rings. The Kier molecular flexibility index (Phi) is 8.22. The molecule has 0 saturated carbocycles. The minimum Gasteiger partial charge on any atom is -0.309 e. The number of hydrogen-bond donors (Lipinski definition) is 0. The normalized spacial score (nSPS) is 11.2. The van der Waals surface area contributed by atoms with E-state index in [0.29, 0.717) is 0 Å². The van der Waals surface area contributed by atoms with Gasteiger partial charge in [0.2, 0.25) is 0 Å². The Balaban J connectivity index is 0.000000145. The number of allylic oxidation sites excluding steroid dienone is 2. The van der Waals surface area contributed by atoms with Crippen molar-refractivity contribution in [1.82, 2.24) is 5.32 Å². The van der Waals surface area contributed by atoms with Crippen molar-refractivity contribution in [2.45, 2.75) is 0 Å². The van der Waals surface area contributed by atoms with Gasteiger partial charge in [-0.3, -0.25) is 5.32 Å². The zero-order valence-electron chi connectivity index (χ0n) is 4.22. The Labute approximate surface area is 66.0 Å². The average Bonchev–Trinajstić information content (AvgIpc) is 2.17. The highest BCUT2D eigenvalue weighted by molar-refractivity contribution is 7.22. The summed E-state index contributed by atoms with van der Waals surface area (Å²) in [7, 11) is 9.81. The van der Waals surface area contributed by atoms with Crippen LogP contribution in [0.15, 0.2) is 24.6 Å². The van der Waals surface area contributed by atoms with Crippen molar-refractivity contribution in [2.75, 3.05) is 0 Å². The number of rotatable bonds is 0. The second-order valence-corrected chi connectivity index (χ2v) is 3.56. The molecule has 0 bridgehead atoms. The standard InChI is InChI=1S/C4H4N.2ClH.Mg/c1-2-4-5-3-1;;;/h1-4H;2*1H;/q;;;+2/p-2. The molecule has 1 rings (SSSR count). The largest absolute Gasteiger partial charge is 0.618 e. The van der Waals surface area contributed by atoms with Crippen LogP contribution in [0.2, 0.25) is 0 Å². The van der Waals surface area contributed by atoms with Gasteiger partial charge in [-0.15, -0.1) is 0 Å². The first-order chi connectivity index (χ1) is 3.91. The lowest BCUT2D eigenvalue weighted by Crippen LogP contribution is -1.68. The fourth-order valence-electron chi connectivity index (χ4n) is 0.248. The Morgan fingerprint density at radius 1 is 1.12 bits per heavy atom. The molecular formula is C4H4Cl2MgN. The molecule has 0 aromatic heterocycles. The van der Waals surface area contributed by atoms with Crippen LogP contribution in [0.3, 0.4) is 0 Å². The fourth-order valence-corrected chi connectivity index (χ4v) is 0.248. The lowest BCUT2D eigenvalue weighted by atomic mass is 10.6. The molecule has 4 heteroatoms. The molecule has 0 atom stereocenters. The van der Waals surface area contributed by atoms with Crippen LogP contribution in [0, 0.1) is 0 Å². The van der Waals surface area contributed by atoms with Crippen LogP contribution in [0.1, 0.15) is 0 Å². The predicted molar refractivity (Wildman–Crippen MR) is 37.9 cm³/mol. The highest BCUT2D eigenvalue weighted by Crippen LogP contribution is 1.80. The van der Waals surface area contributed by atoms with Crippen molar-refractivity contribution in [3.63, 3.8) is 0 Å². The molecule has 1 radical (unpaired) electrons. The van der Waals surface area contributed by atoms with Gasteiger partial charge in [0, 0.05) is 12.4 Å². The zero-order valence-corrected chi connectivity index (χ0v) is 7.15. The molecule has 41 valence electrons. The Bertz CT molecular complexity index is 82.0. The lowest BCUT2D eigenvalue weighted by Gasteiger charge is -1.63. The van der Waals surface area contributed by atoms with Crippen molar-refractivity contribution in [3.8, 4) is 0 Å². The van der Waals surface area contributed by atoms with Gasteiger partial charge < -0.3 is 18.1 Å². The third-order valence-corrected chi connectivity index (χ3v) is 0.455. The summed E-state index contributed by atoms with van der Waals surface area (Å²) in [4.78, 5) is 0. The van der Waals surface area contributed by atoms with Gasteiger partial charge in [0.25, 0.3) is 0 Å². The molecular weight excluding hydrogens is 157 g/mol. The minimum atomic E-state index is -0.639. The van der Waals surface area contributed by atoms with Gasteiger partial charge in [0.15, 0.2) is 0 Å². The number of hydrogen-bond acceptors (Lipinski definition) is 0. The third-order valence-electron chi connectivity index (χ3n) is 0.455. The molecule has 0 aromatic rings. The summed E-state index contributed by atoms with van der Waals surface area (Å²) < 4.78 is 0. The molecule has 1 aliphatic heterocycles. The van der Waals surface area contributed by atoms with Crippen molar-refractivity contribution in [3.05, 3.63) is 24.6 Å². The van der Waals surface area contributed by atoms with E-state index in [9.17, 15) is 0 Å². The number of nitrogens with zero attached hydrogens (tertiary/aromatic N) is 1. The topological polar surface area (TPSA) is 14.1 Å². The van der Waals surface area contributed by atoms with Gasteiger partial charge in [-0.25, -0.2) is 0 Å². The van der Waals surface area contributed by atoms with E-state index in [1.807, 2.05) is 12.2 Å². The SMILES string of the molecule is C1=C[N]C=C1.[Cl][Mg][Cl]. The first kappa shape index (κ1) is 8.63. The predicted octanol–water partition coefficient (Wildman–Crippen LogP) is 1.63. The summed E-state index contributed by atoms with van der Waals surface area (Å²) in [5.74, 6) is 0. The smallest absolute Gasteiger partial charge is 0.309 e. The summed E-state index contributed by atoms with van der Waals surface area (Å²) in [5.41, 5.74) is 0. The van der Waals surface area contributed by atoms with E-state index in [1.165, 1.54) is 0 Å². The zero-order chi connectivity index (χ0) is 6.24. The molecule has 0 aromatic carbocycles. The highest BCUT2D eigenvalue weighted by atomic mass is 35.6. The van der Waals surface area contributed by atoms with Gasteiger partial charge in [-0.05, 0) is 12.2 Å². The van der Waals surface area contributed by atoms with Crippen LogP contribution in [-0.4, -0.2) is 18.2 Å². The maximum Gasteiger partial charge on any atom is 0.618 e.